The molecule has 2 heterocycles. The van der Waals surface area contributed by atoms with Gasteiger partial charge in [0, 0.05) is 49.8 Å². The Morgan fingerprint density at radius 1 is 0.900 bits per heavy atom. The molecule has 226 valence electrons. The van der Waals surface area contributed by atoms with E-state index in [2.05, 4.69) is 21.3 Å². The number of unbranched alkanes of at least 4 members (excludes halogenated alkanes) is 5. The number of nitrogens with one attached hydrogen (secondary N) is 4. The van der Waals surface area contributed by atoms with Crippen LogP contribution in [0.4, 0.5) is 4.79 Å². The quantitative estimate of drug-likeness (QED) is 0.0734. The van der Waals surface area contributed by atoms with Gasteiger partial charge in [-0.15, -0.1) is 5.06 Å². The first-order valence-corrected chi connectivity index (χ1v) is 15.6. The number of hydroxylamine groups is 2. The number of carbonyl (C=O) groups excluding carboxylic acids is 6. The molecule has 0 aromatic rings. The van der Waals surface area contributed by atoms with Gasteiger partial charge in [-0.05, 0) is 44.9 Å². The molecule has 2 rings (SSSR count). The summed E-state index contributed by atoms with van der Waals surface area (Å²) in [7, 11) is 0. The van der Waals surface area contributed by atoms with Crippen LogP contribution in [0.5, 0.6) is 0 Å². The van der Waals surface area contributed by atoms with E-state index in [1.54, 1.807) is 6.92 Å². The lowest BCUT2D eigenvalue weighted by Gasteiger charge is -2.16. The number of carbonyl (C=O) groups is 6. The fourth-order valence-corrected chi connectivity index (χ4v) is 6.22. The number of hydrogen-bond donors (Lipinski definition) is 4. The molecule has 2 saturated heterocycles. The smallest absolute Gasteiger partial charge is 0.333 e. The minimum Gasteiger partial charge on any atom is -0.356 e. The molecule has 0 aliphatic carbocycles. The SMILES string of the molecule is CCCC(=O)N(C=O)OC(=O)CCCCCNC(=O)CCCCCNC(=O)CCCCC1SC[C@@H]2NC(=O)N[C@H]12. The highest BCUT2D eigenvalue weighted by atomic mass is 32.2. The molecule has 13 heteroatoms. The highest BCUT2D eigenvalue weighted by molar-refractivity contribution is 8.00. The number of imide groups is 1. The van der Waals surface area contributed by atoms with E-state index in [1.807, 2.05) is 11.8 Å². The summed E-state index contributed by atoms with van der Waals surface area (Å²) in [6.45, 7) is 2.92. The maximum atomic E-state index is 12.0. The molecule has 2 fully saturated rings. The van der Waals surface area contributed by atoms with Crippen molar-refractivity contribution < 1.29 is 33.6 Å². The number of fused-ring (bicyclic) bond motifs is 1. The Balaban J connectivity index is 1.36. The van der Waals surface area contributed by atoms with Crippen molar-refractivity contribution in [3.63, 3.8) is 0 Å². The fraction of sp³-hybridized carbons (Fsp3) is 0.778. The van der Waals surface area contributed by atoms with E-state index in [0.717, 1.165) is 44.3 Å². The molecule has 6 amide bonds. The van der Waals surface area contributed by atoms with E-state index < -0.39 is 11.9 Å². The van der Waals surface area contributed by atoms with Crippen LogP contribution in [0.2, 0.25) is 0 Å². The van der Waals surface area contributed by atoms with Gasteiger partial charge in [-0.2, -0.15) is 11.8 Å². The second-order valence-electron chi connectivity index (χ2n) is 10.2. The molecule has 0 aromatic heterocycles. The van der Waals surface area contributed by atoms with Crippen molar-refractivity contribution in [2.45, 2.75) is 114 Å². The zero-order valence-corrected chi connectivity index (χ0v) is 24.4. The van der Waals surface area contributed by atoms with Crippen molar-refractivity contribution in [3.8, 4) is 0 Å². The topological polar surface area (TPSA) is 163 Å². The van der Waals surface area contributed by atoms with Crippen LogP contribution in [0.25, 0.3) is 0 Å². The minimum atomic E-state index is -0.632. The molecule has 40 heavy (non-hydrogen) atoms. The van der Waals surface area contributed by atoms with Gasteiger partial charge in [0.2, 0.25) is 11.8 Å². The molecule has 4 N–H and O–H groups in total. The van der Waals surface area contributed by atoms with Crippen molar-refractivity contribution in [1.29, 1.82) is 0 Å². The van der Waals surface area contributed by atoms with E-state index in [-0.39, 0.29) is 49.2 Å². The maximum Gasteiger partial charge on any atom is 0.333 e. The number of hydrogen-bond acceptors (Lipinski definition) is 8. The largest absolute Gasteiger partial charge is 0.356 e. The normalized spacial score (nSPS) is 19.2. The van der Waals surface area contributed by atoms with E-state index in [0.29, 0.717) is 61.9 Å². The lowest BCUT2D eigenvalue weighted by atomic mass is 10.0. The molecule has 1 unspecified atom stereocenters. The standard InChI is InChI=1S/C27H45N5O7S/c1-2-11-24(36)32(19-33)39-25(37)15-6-4-10-17-28-22(34)13-5-3-9-16-29-23(35)14-8-7-12-21-26-20(18-40-21)30-27(38)31-26/h19-21,26H,2-18H2,1H3,(H,28,34)(H,29,35)(H2,30,31,38)/t20-,21?,26-/m0/s1. The molecule has 12 nitrogen and oxygen atoms in total. The number of amides is 6. The van der Waals surface area contributed by atoms with Gasteiger partial charge in [-0.3, -0.25) is 19.2 Å². The highest BCUT2D eigenvalue weighted by Gasteiger charge is 2.42. The van der Waals surface area contributed by atoms with Crippen LogP contribution >= 0.6 is 11.8 Å². The highest BCUT2D eigenvalue weighted by Crippen LogP contribution is 2.33. The Morgan fingerprint density at radius 2 is 1.52 bits per heavy atom. The molecule has 0 bridgehead atoms. The monoisotopic (exact) mass is 583 g/mol. The number of urea groups is 1. The van der Waals surface area contributed by atoms with Crippen molar-refractivity contribution in [2.75, 3.05) is 18.8 Å². The van der Waals surface area contributed by atoms with Crippen LogP contribution in [0.15, 0.2) is 0 Å². The molecular formula is C27H45N5O7S. The van der Waals surface area contributed by atoms with Crippen LogP contribution in [0, 0.1) is 0 Å². The van der Waals surface area contributed by atoms with Crippen molar-refractivity contribution in [1.82, 2.24) is 26.3 Å². The van der Waals surface area contributed by atoms with E-state index in [1.165, 1.54) is 0 Å². The second kappa shape index (κ2) is 19.3. The average molecular weight is 584 g/mol. The molecule has 0 saturated carbocycles. The van der Waals surface area contributed by atoms with Gasteiger partial charge >= 0.3 is 12.0 Å². The van der Waals surface area contributed by atoms with E-state index in [4.69, 9.17) is 4.84 Å². The summed E-state index contributed by atoms with van der Waals surface area (Å²) in [5.74, 6) is -0.181. The third kappa shape index (κ3) is 13.0. The summed E-state index contributed by atoms with van der Waals surface area (Å²) in [5, 5.41) is 12.6. The summed E-state index contributed by atoms with van der Waals surface area (Å²) in [4.78, 5) is 74.4. The first-order chi connectivity index (χ1) is 19.3. The molecule has 0 radical (unpaired) electrons. The van der Waals surface area contributed by atoms with Crippen molar-refractivity contribution >= 4 is 47.9 Å². The fourth-order valence-electron chi connectivity index (χ4n) is 4.68. The summed E-state index contributed by atoms with van der Waals surface area (Å²) in [6.07, 6.45) is 9.12. The molecule has 3 atom stereocenters. The van der Waals surface area contributed by atoms with Gasteiger partial charge in [0.15, 0.2) is 0 Å². The number of nitrogens with zero attached hydrogens (tertiary/aromatic N) is 1. The third-order valence-electron chi connectivity index (χ3n) is 6.87. The van der Waals surface area contributed by atoms with Gasteiger partial charge in [-0.1, -0.05) is 26.2 Å². The molecule has 2 aliphatic rings. The zero-order valence-electron chi connectivity index (χ0n) is 23.5. The van der Waals surface area contributed by atoms with Crippen molar-refractivity contribution in [2.24, 2.45) is 0 Å². The predicted octanol–water partition coefficient (Wildman–Crippen LogP) is 2.31. The van der Waals surface area contributed by atoms with Gasteiger partial charge < -0.3 is 26.1 Å². The molecule has 0 spiro atoms. The minimum absolute atomic E-state index is 0.0146. The van der Waals surface area contributed by atoms with Crippen LogP contribution < -0.4 is 21.3 Å². The summed E-state index contributed by atoms with van der Waals surface area (Å²) < 4.78 is 0. The van der Waals surface area contributed by atoms with Crippen LogP contribution in [-0.4, -0.2) is 77.4 Å². The van der Waals surface area contributed by atoms with Gasteiger partial charge in [-0.25, -0.2) is 9.59 Å². The Hall–Kier alpha value is -2.83. The third-order valence-corrected chi connectivity index (χ3v) is 8.38. The lowest BCUT2D eigenvalue weighted by molar-refractivity contribution is -0.196. The van der Waals surface area contributed by atoms with Gasteiger partial charge in [0.1, 0.15) is 0 Å². The Morgan fingerprint density at radius 3 is 2.15 bits per heavy atom. The summed E-state index contributed by atoms with van der Waals surface area (Å²) >= 11 is 1.89. The molecular weight excluding hydrogens is 538 g/mol. The molecule has 0 aromatic carbocycles. The maximum absolute atomic E-state index is 12.0. The average Bonchev–Trinajstić information content (AvgIpc) is 3.48. The Labute approximate surface area is 240 Å². The first kappa shape index (κ1) is 33.4. The van der Waals surface area contributed by atoms with Crippen LogP contribution in [0.1, 0.15) is 96.8 Å². The number of rotatable bonds is 20. The predicted molar refractivity (Wildman–Crippen MR) is 151 cm³/mol. The first-order valence-electron chi connectivity index (χ1n) is 14.5. The Kier molecular flexibility index (Phi) is 16.1. The summed E-state index contributed by atoms with van der Waals surface area (Å²) in [6, 6.07) is 0.376. The summed E-state index contributed by atoms with van der Waals surface area (Å²) in [5.41, 5.74) is 0. The zero-order chi connectivity index (χ0) is 29.2. The molecule has 2 aliphatic heterocycles. The Bertz CT molecular complexity index is 859. The van der Waals surface area contributed by atoms with Crippen molar-refractivity contribution in [3.05, 3.63) is 0 Å². The van der Waals surface area contributed by atoms with Crippen LogP contribution in [0.3, 0.4) is 0 Å². The van der Waals surface area contributed by atoms with E-state index in [9.17, 15) is 28.8 Å². The van der Waals surface area contributed by atoms with Crippen LogP contribution in [-0.2, 0) is 28.8 Å². The van der Waals surface area contributed by atoms with Gasteiger partial charge in [0.25, 0.3) is 12.3 Å². The van der Waals surface area contributed by atoms with Gasteiger partial charge in [0.05, 0.1) is 12.1 Å². The van der Waals surface area contributed by atoms with E-state index >= 15 is 0 Å². The lowest BCUT2D eigenvalue weighted by Crippen LogP contribution is -2.36. The number of thioether (sulfide) groups is 1. The second-order valence-corrected chi connectivity index (χ2v) is 11.5.